The Morgan fingerprint density at radius 1 is 1.37 bits per heavy atom. The van der Waals surface area contributed by atoms with Crippen LogP contribution in [0.2, 0.25) is 0 Å². The fraction of sp³-hybridized carbons (Fsp3) is 0.571. The molecule has 0 aromatic heterocycles. The van der Waals surface area contributed by atoms with E-state index in [0.717, 1.165) is 37.2 Å². The molecule has 1 aliphatic rings. The molecule has 2 rings (SSSR count). The summed E-state index contributed by atoms with van der Waals surface area (Å²) in [4.78, 5) is 12.9. The lowest BCUT2D eigenvalue weighted by Crippen LogP contribution is -2.50. The van der Waals surface area contributed by atoms with Gasteiger partial charge >= 0.3 is 0 Å². The smallest absolute Gasteiger partial charge is 0.274 e. The molecule has 19 heavy (non-hydrogen) atoms. The number of rotatable bonds is 3. The molecule has 0 radical (unpaired) electrons. The van der Waals surface area contributed by atoms with Crippen LogP contribution in [0.4, 0.5) is 11.4 Å². The number of nitro groups is 1. The lowest BCUT2D eigenvalue weighted by molar-refractivity contribution is -0.385. The molecule has 1 aromatic carbocycles. The molecular formula is C14H21N3O2. The van der Waals surface area contributed by atoms with Crippen LogP contribution in [0.25, 0.3) is 0 Å². The van der Waals surface area contributed by atoms with Crippen LogP contribution in [0.1, 0.15) is 25.3 Å². The van der Waals surface area contributed by atoms with Crippen LogP contribution in [0.5, 0.6) is 0 Å². The first-order valence-electron chi connectivity index (χ1n) is 6.65. The van der Waals surface area contributed by atoms with Crippen LogP contribution in [0.3, 0.4) is 0 Å². The Labute approximate surface area is 113 Å². The Morgan fingerprint density at radius 3 is 2.53 bits per heavy atom. The predicted octanol–water partition coefficient (Wildman–Crippen LogP) is 2.48. The number of nitrogens with zero attached hydrogens (tertiary/aromatic N) is 2. The molecule has 0 atom stereocenters. The minimum absolute atomic E-state index is 0.186. The standard InChI is InChI=1S/C14H21N3O2/c1-11-12(5-4-6-13(11)17(18)19)16-9-7-14(2,15-3)8-10-16/h4-6,15H,7-10H2,1-3H3. The second-order valence-electron chi connectivity index (χ2n) is 5.48. The summed E-state index contributed by atoms with van der Waals surface area (Å²) < 4.78 is 0. The second kappa shape index (κ2) is 5.17. The van der Waals surface area contributed by atoms with Gasteiger partial charge in [0.2, 0.25) is 0 Å². The summed E-state index contributed by atoms with van der Waals surface area (Å²) in [5.74, 6) is 0. The highest BCUT2D eigenvalue weighted by molar-refractivity contribution is 5.61. The molecule has 1 fully saturated rings. The van der Waals surface area contributed by atoms with E-state index >= 15 is 0 Å². The van der Waals surface area contributed by atoms with E-state index in [0.29, 0.717) is 0 Å². The third-order valence-electron chi connectivity index (χ3n) is 4.28. The third kappa shape index (κ3) is 2.71. The zero-order valence-corrected chi connectivity index (χ0v) is 11.8. The Hall–Kier alpha value is -1.62. The fourth-order valence-corrected chi connectivity index (χ4v) is 2.64. The molecule has 5 nitrogen and oxygen atoms in total. The van der Waals surface area contributed by atoms with Crippen LogP contribution in [-0.4, -0.2) is 30.6 Å². The molecule has 0 unspecified atom stereocenters. The van der Waals surface area contributed by atoms with E-state index in [9.17, 15) is 10.1 Å². The Bertz CT molecular complexity index is 480. The van der Waals surface area contributed by atoms with Gasteiger partial charge in [0, 0.05) is 30.4 Å². The van der Waals surface area contributed by atoms with Crippen LogP contribution in [0.15, 0.2) is 18.2 Å². The monoisotopic (exact) mass is 263 g/mol. The summed E-state index contributed by atoms with van der Waals surface area (Å²) >= 11 is 0. The highest BCUT2D eigenvalue weighted by Gasteiger charge is 2.29. The summed E-state index contributed by atoms with van der Waals surface area (Å²) in [5.41, 5.74) is 2.15. The molecule has 0 aliphatic carbocycles. The first kappa shape index (κ1) is 13.8. The molecule has 104 valence electrons. The van der Waals surface area contributed by atoms with E-state index in [2.05, 4.69) is 17.1 Å². The number of anilines is 1. The normalized spacial score (nSPS) is 18.4. The fourth-order valence-electron chi connectivity index (χ4n) is 2.64. The van der Waals surface area contributed by atoms with E-state index in [1.165, 1.54) is 0 Å². The van der Waals surface area contributed by atoms with Gasteiger partial charge < -0.3 is 10.2 Å². The van der Waals surface area contributed by atoms with Crippen LogP contribution in [-0.2, 0) is 0 Å². The number of nitro benzene ring substituents is 1. The zero-order valence-electron chi connectivity index (χ0n) is 11.8. The highest BCUT2D eigenvalue weighted by Crippen LogP contribution is 2.32. The lowest BCUT2D eigenvalue weighted by atomic mass is 9.89. The van der Waals surface area contributed by atoms with E-state index in [1.807, 2.05) is 20.0 Å². The number of nitrogens with one attached hydrogen (secondary N) is 1. The van der Waals surface area contributed by atoms with E-state index in [1.54, 1.807) is 12.1 Å². The molecule has 5 heteroatoms. The Balaban J connectivity index is 2.21. The minimum atomic E-state index is -0.305. The average Bonchev–Trinajstić information content (AvgIpc) is 2.40. The number of hydrogen-bond acceptors (Lipinski definition) is 4. The molecule has 1 saturated heterocycles. The van der Waals surface area contributed by atoms with E-state index < -0.39 is 0 Å². The Kier molecular flexibility index (Phi) is 3.75. The zero-order chi connectivity index (χ0) is 14.0. The molecule has 0 saturated carbocycles. The van der Waals surface area contributed by atoms with Crippen molar-refractivity contribution in [1.29, 1.82) is 0 Å². The minimum Gasteiger partial charge on any atom is -0.371 e. The molecular weight excluding hydrogens is 242 g/mol. The van der Waals surface area contributed by atoms with Crippen molar-refractivity contribution >= 4 is 11.4 Å². The lowest BCUT2D eigenvalue weighted by Gasteiger charge is -2.40. The van der Waals surface area contributed by atoms with E-state index in [4.69, 9.17) is 0 Å². The maximum absolute atomic E-state index is 11.0. The summed E-state index contributed by atoms with van der Waals surface area (Å²) in [6.07, 6.45) is 2.09. The van der Waals surface area contributed by atoms with Gasteiger partial charge in [0.25, 0.3) is 5.69 Å². The van der Waals surface area contributed by atoms with Crippen LogP contribution < -0.4 is 10.2 Å². The summed E-state index contributed by atoms with van der Waals surface area (Å²) in [6, 6.07) is 5.32. The first-order chi connectivity index (χ1) is 8.97. The van der Waals surface area contributed by atoms with Gasteiger partial charge in [0.1, 0.15) is 0 Å². The number of benzene rings is 1. The van der Waals surface area contributed by atoms with Gasteiger partial charge in [-0.25, -0.2) is 0 Å². The van der Waals surface area contributed by atoms with Gasteiger partial charge in [-0.05, 0) is 39.8 Å². The third-order valence-corrected chi connectivity index (χ3v) is 4.28. The Morgan fingerprint density at radius 2 is 2.00 bits per heavy atom. The molecule has 1 N–H and O–H groups in total. The van der Waals surface area contributed by atoms with Crippen molar-refractivity contribution in [2.75, 3.05) is 25.0 Å². The maximum atomic E-state index is 11.0. The van der Waals surface area contributed by atoms with Crippen LogP contribution in [0, 0.1) is 17.0 Å². The number of hydrogen-bond donors (Lipinski definition) is 1. The SMILES string of the molecule is CNC1(C)CCN(c2cccc([N+](=O)[O-])c2C)CC1. The molecule has 1 aliphatic heterocycles. The molecule has 0 amide bonds. The van der Waals surface area contributed by atoms with Gasteiger partial charge in [-0.2, -0.15) is 0 Å². The molecule has 0 bridgehead atoms. The van der Waals surface area contributed by atoms with Gasteiger partial charge in [-0.3, -0.25) is 10.1 Å². The van der Waals surface area contributed by atoms with Crippen molar-refractivity contribution in [3.05, 3.63) is 33.9 Å². The van der Waals surface area contributed by atoms with Gasteiger partial charge in [0.05, 0.1) is 10.5 Å². The summed E-state index contributed by atoms with van der Waals surface area (Å²) in [7, 11) is 1.99. The summed E-state index contributed by atoms with van der Waals surface area (Å²) in [6.45, 7) is 5.92. The summed E-state index contributed by atoms with van der Waals surface area (Å²) in [5, 5.41) is 14.3. The average molecular weight is 263 g/mol. The van der Waals surface area contributed by atoms with Gasteiger partial charge in [-0.15, -0.1) is 0 Å². The van der Waals surface area contributed by atoms with Crippen LogP contribution >= 0.6 is 0 Å². The van der Waals surface area contributed by atoms with Crippen molar-refractivity contribution in [3.8, 4) is 0 Å². The topological polar surface area (TPSA) is 58.4 Å². The van der Waals surface area contributed by atoms with Crippen molar-refractivity contribution in [2.45, 2.75) is 32.2 Å². The first-order valence-corrected chi connectivity index (χ1v) is 6.65. The predicted molar refractivity (Wildman–Crippen MR) is 76.7 cm³/mol. The van der Waals surface area contributed by atoms with Gasteiger partial charge in [0.15, 0.2) is 0 Å². The molecule has 1 heterocycles. The molecule has 1 aromatic rings. The van der Waals surface area contributed by atoms with Crippen molar-refractivity contribution in [2.24, 2.45) is 0 Å². The van der Waals surface area contributed by atoms with Crippen molar-refractivity contribution in [3.63, 3.8) is 0 Å². The quantitative estimate of drug-likeness (QED) is 0.672. The maximum Gasteiger partial charge on any atom is 0.274 e. The number of piperidine rings is 1. The van der Waals surface area contributed by atoms with Crippen molar-refractivity contribution < 1.29 is 4.92 Å². The van der Waals surface area contributed by atoms with Gasteiger partial charge in [-0.1, -0.05) is 6.07 Å². The van der Waals surface area contributed by atoms with E-state index in [-0.39, 0.29) is 16.1 Å². The second-order valence-corrected chi connectivity index (χ2v) is 5.48. The molecule has 0 spiro atoms. The highest BCUT2D eigenvalue weighted by atomic mass is 16.6. The largest absolute Gasteiger partial charge is 0.371 e. The van der Waals surface area contributed by atoms with Crippen molar-refractivity contribution in [1.82, 2.24) is 5.32 Å².